The van der Waals surface area contributed by atoms with E-state index in [0.29, 0.717) is 19.8 Å². The Balaban J connectivity index is 1.46. The van der Waals surface area contributed by atoms with Gasteiger partial charge in [0.15, 0.2) is 0 Å². The number of anilines is 1. The Hall–Kier alpha value is -1.96. The second kappa shape index (κ2) is 8.94. The fourth-order valence-electron chi connectivity index (χ4n) is 2.57. The molecule has 3 rings (SSSR count). The average Bonchev–Trinajstić information content (AvgIpc) is 3.27. The summed E-state index contributed by atoms with van der Waals surface area (Å²) in [6.07, 6.45) is 1.59. The normalized spacial score (nSPS) is 19.7. The zero-order chi connectivity index (χ0) is 17.5. The van der Waals surface area contributed by atoms with Crippen molar-refractivity contribution in [2.75, 3.05) is 25.1 Å². The highest BCUT2D eigenvalue weighted by Crippen LogP contribution is 2.24. The predicted octanol–water partition coefficient (Wildman–Crippen LogP) is 3.50. The number of hydrogen-bond acceptors (Lipinski definition) is 5. The number of rotatable bonds is 7. The van der Waals surface area contributed by atoms with E-state index in [0.717, 1.165) is 22.1 Å². The van der Waals surface area contributed by atoms with E-state index in [1.165, 1.54) is 0 Å². The lowest BCUT2D eigenvalue weighted by Crippen LogP contribution is -2.45. The van der Waals surface area contributed by atoms with Crippen molar-refractivity contribution >= 4 is 23.5 Å². The first-order chi connectivity index (χ1) is 12.2. The Labute approximate surface area is 151 Å². The zero-order valence-electron chi connectivity index (χ0n) is 14.1. The second-order valence-electron chi connectivity index (χ2n) is 5.63. The molecule has 2 atom stereocenters. The molecule has 1 aliphatic rings. The predicted molar refractivity (Wildman–Crippen MR) is 96.9 cm³/mol. The smallest absolute Gasteiger partial charge is 0.319 e. The van der Waals surface area contributed by atoms with Crippen LogP contribution in [0.25, 0.3) is 0 Å². The van der Waals surface area contributed by atoms with Gasteiger partial charge < -0.3 is 24.5 Å². The molecule has 1 saturated heterocycles. The van der Waals surface area contributed by atoms with Crippen LogP contribution in [-0.2, 0) is 15.2 Å². The Morgan fingerprint density at radius 3 is 2.84 bits per heavy atom. The molecule has 0 radical (unpaired) electrons. The molecule has 6 nitrogen and oxygen atoms in total. The molecule has 0 aliphatic carbocycles. The third-order valence-electron chi connectivity index (χ3n) is 3.80. The van der Waals surface area contributed by atoms with Gasteiger partial charge in [0.05, 0.1) is 31.3 Å². The Morgan fingerprint density at radius 1 is 1.28 bits per heavy atom. The van der Waals surface area contributed by atoms with Crippen molar-refractivity contribution < 1.29 is 18.7 Å². The molecule has 1 fully saturated rings. The Bertz CT molecular complexity index is 660. The van der Waals surface area contributed by atoms with E-state index in [2.05, 4.69) is 10.6 Å². The minimum Gasteiger partial charge on any atom is -0.468 e. The van der Waals surface area contributed by atoms with E-state index >= 15 is 0 Å². The van der Waals surface area contributed by atoms with Gasteiger partial charge in [-0.1, -0.05) is 0 Å². The van der Waals surface area contributed by atoms with Crippen molar-refractivity contribution in [2.45, 2.75) is 29.7 Å². The lowest BCUT2D eigenvalue weighted by molar-refractivity contribution is 0.0428. The molecule has 1 aromatic heterocycles. The first kappa shape index (κ1) is 17.8. The number of nitrogens with one attached hydrogen (secondary N) is 2. The maximum Gasteiger partial charge on any atom is 0.319 e. The molecule has 7 heteroatoms. The highest BCUT2D eigenvalue weighted by molar-refractivity contribution is 7.98. The number of amides is 2. The number of furan rings is 1. The SMILES string of the molecule is CCO[C@@H]1COC[C@H]1NC(=O)Nc1ccc(SCc2ccco2)cc1. The van der Waals surface area contributed by atoms with E-state index in [9.17, 15) is 4.79 Å². The Morgan fingerprint density at radius 2 is 2.12 bits per heavy atom. The summed E-state index contributed by atoms with van der Waals surface area (Å²) >= 11 is 1.68. The molecule has 0 spiro atoms. The molecular formula is C18H22N2O4S. The number of ether oxygens (including phenoxy) is 2. The number of urea groups is 1. The molecule has 2 aromatic rings. The molecular weight excluding hydrogens is 340 g/mol. The third-order valence-corrected chi connectivity index (χ3v) is 4.83. The van der Waals surface area contributed by atoms with Crippen LogP contribution >= 0.6 is 11.8 Å². The molecule has 2 amide bonds. The van der Waals surface area contributed by atoms with Gasteiger partial charge in [0.25, 0.3) is 0 Å². The molecule has 1 aliphatic heterocycles. The van der Waals surface area contributed by atoms with Crippen LogP contribution in [0.5, 0.6) is 0 Å². The minimum absolute atomic E-state index is 0.0869. The number of thioether (sulfide) groups is 1. The Kier molecular flexibility index (Phi) is 6.38. The van der Waals surface area contributed by atoms with Gasteiger partial charge in [-0.2, -0.15) is 0 Å². The van der Waals surface area contributed by atoms with Crippen LogP contribution in [-0.4, -0.2) is 38.0 Å². The van der Waals surface area contributed by atoms with E-state index in [-0.39, 0.29) is 18.2 Å². The summed E-state index contributed by atoms with van der Waals surface area (Å²) in [6, 6.07) is 11.2. The van der Waals surface area contributed by atoms with E-state index in [4.69, 9.17) is 13.9 Å². The van der Waals surface area contributed by atoms with Crippen LogP contribution in [0.3, 0.4) is 0 Å². The zero-order valence-corrected chi connectivity index (χ0v) is 14.9. The molecule has 0 saturated carbocycles. The molecule has 2 N–H and O–H groups in total. The summed E-state index contributed by atoms with van der Waals surface area (Å²) in [4.78, 5) is 13.2. The van der Waals surface area contributed by atoms with Gasteiger partial charge in [-0.3, -0.25) is 0 Å². The van der Waals surface area contributed by atoms with Gasteiger partial charge in [-0.25, -0.2) is 4.79 Å². The van der Waals surface area contributed by atoms with Crippen molar-refractivity contribution in [1.82, 2.24) is 5.32 Å². The van der Waals surface area contributed by atoms with Gasteiger partial charge in [-0.15, -0.1) is 11.8 Å². The molecule has 1 aromatic carbocycles. The second-order valence-corrected chi connectivity index (χ2v) is 6.68. The van der Waals surface area contributed by atoms with E-state index in [1.807, 2.05) is 43.3 Å². The first-order valence-electron chi connectivity index (χ1n) is 8.26. The fraction of sp³-hybridized carbons (Fsp3) is 0.389. The van der Waals surface area contributed by atoms with Gasteiger partial charge in [-0.05, 0) is 43.3 Å². The largest absolute Gasteiger partial charge is 0.468 e. The molecule has 2 heterocycles. The van der Waals surface area contributed by atoms with Crippen molar-refractivity contribution in [2.24, 2.45) is 0 Å². The van der Waals surface area contributed by atoms with Crippen LogP contribution in [0.1, 0.15) is 12.7 Å². The summed E-state index contributed by atoms with van der Waals surface area (Å²) in [5.41, 5.74) is 0.742. The third kappa shape index (κ3) is 5.26. The summed E-state index contributed by atoms with van der Waals surface area (Å²) in [5, 5.41) is 5.74. The van der Waals surface area contributed by atoms with Crippen LogP contribution < -0.4 is 10.6 Å². The molecule has 25 heavy (non-hydrogen) atoms. The van der Waals surface area contributed by atoms with Gasteiger partial charge in [0.1, 0.15) is 11.9 Å². The van der Waals surface area contributed by atoms with Crippen molar-refractivity contribution in [3.8, 4) is 0 Å². The number of carbonyl (C=O) groups excluding carboxylic acids is 1. The van der Waals surface area contributed by atoms with Crippen molar-refractivity contribution in [1.29, 1.82) is 0 Å². The van der Waals surface area contributed by atoms with Crippen LogP contribution in [0.15, 0.2) is 52.0 Å². The van der Waals surface area contributed by atoms with Crippen LogP contribution in [0.2, 0.25) is 0 Å². The minimum atomic E-state index is -0.254. The quantitative estimate of drug-likeness (QED) is 0.738. The number of hydrogen-bond donors (Lipinski definition) is 2. The first-order valence-corrected chi connectivity index (χ1v) is 9.25. The van der Waals surface area contributed by atoms with Crippen LogP contribution in [0, 0.1) is 0 Å². The average molecular weight is 362 g/mol. The maximum atomic E-state index is 12.1. The monoisotopic (exact) mass is 362 g/mol. The van der Waals surface area contributed by atoms with Crippen LogP contribution in [0.4, 0.5) is 10.5 Å². The standard InChI is InChI=1S/C18H22N2O4S/c1-2-23-17-11-22-10-16(17)20-18(21)19-13-5-7-15(8-6-13)25-12-14-4-3-9-24-14/h3-9,16-17H,2,10-12H2,1H3,(H2,19,20,21)/t16-,17-/m1/s1. The van der Waals surface area contributed by atoms with Gasteiger partial charge in [0, 0.05) is 17.2 Å². The van der Waals surface area contributed by atoms with E-state index < -0.39 is 0 Å². The fourth-order valence-corrected chi connectivity index (χ4v) is 3.37. The summed E-state index contributed by atoms with van der Waals surface area (Å²) in [5.74, 6) is 1.72. The summed E-state index contributed by atoms with van der Waals surface area (Å²) in [7, 11) is 0. The highest BCUT2D eigenvalue weighted by atomic mass is 32.2. The van der Waals surface area contributed by atoms with Gasteiger partial charge in [0.2, 0.25) is 0 Å². The maximum absolute atomic E-state index is 12.1. The molecule has 0 bridgehead atoms. The number of benzene rings is 1. The topological polar surface area (TPSA) is 72.7 Å². The van der Waals surface area contributed by atoms with Crippen molar-refractivity contribution in [3.63, 3.8) is 0 Å². The summed E-state index contributed by atoms with van der Waals surface area (Å²) < 4.78 is 16.2. The molecule has 0 unspecified atom stereocenters. The highest BCUT2D eigenvalue weighted by Gasteiger charge is 2.29. The number of carbonyl (C=O) groups is 1. The lowest BCUT2D eigenvalue weighted by atomic mass is 10.2. The molecule has 134 valence electrons. The summed E-state index contributed by atoms with van der Waals surface area (Å²) in [6.45, 7) is 3.52. The lowest BCUT2D eigenvalue weighted by Gasteiger charge is -2.19. The van der Waals surface area contributed by atoms with Gasteiger partial charge >= 0.3 is 6.03 Å². The van der Waals surface area contributed by atoms with Crippen molar-refractivity contribution in [3.05, 3.63) is 48.4 Å². The van der Waals surface area contributed by atoms with E-state index in [1.54, 1.807) is 18.0 Å².